The second-order valence-electron chi connectivity index (χ2n) is 5.06. The minimum Gasteiger partial charge on any atom is -0.304 e. The highest BCUT2D eigenvalue weighted by atomic mass is 16.1. The second kappa shape index (κ2) is 5.61. The summed E-state index contributed by atoms with van der Waals surface area (Å²) < 4.78 is 0. The van der Waals surface area contributed by atoms with Gasteiger partial charge in [-0.25, -0.2) is 0 Å². The van der Waals surface area contributed by atoms with Crippen LogP contribution in [-0.2, 0) is 4.79 Å². The van der Waals surface area contributed by atoms with Crippen molar-refractivity contribution in [3.05, 3.63) is 0 Å². The number of hydrogen-bond acceptors (Lipinski definition) is 3. The van der Waals surface area contributed by atoms with Gasteiger partial charge in [0, 0.05) is 38.6 Å². The lowest BCUT2D eigenvalue weighted by molar-refractivity contribution is -0.117. The third-order valence-corrected chi connectivity index (χ3v) is 3.26. The van der Waals surface area contributed by atoms with Crippen LogP contribution >= 0.6 is 0 Å². The number of carbonyl (C=O) groups excluding carboxylic acids is 1. The zero-order valence-corrected chi connectivity index (χ0v) is 10.5. The van der Waals surface area contributed by atoms with Crippen LogP contribution in [0.5, 0.6) is 0 Å². The van der Waals surface area contributed by atoms with Crippen molar-refractivity contribution in [1.29, 1.82) is 0 Å². The van der Waals surface area contributed by atoms with E-state index in [1.165, 1.54) is 0 Å². The Morgan fingerprint density at radius 1 is 1.40 bits per heavy atom. The fourth-order valence-corrected chi connectivity index (χ4v) is 2.20. The third kappa shape index (κ3) is 3.92. The van der Waals surface area contributed by atoms with Crippen molar-refractivity contribution in [3.63, 3.8) is 0 Å². The lowest BCUT2D eigenvalue weighted by Gasteiger charge is -2.42. The lowest BCUT2D eigenvalue weighted by Crippen LogP contribution is -2.54. The Morgan fingerprint density at radius 2 is 2.07 bits per heavy atom. The van der Waals surface area contributed by atoms with Gasteiger partial charge in [0.15, 0.2) is 0 Å². The Morgan fingerprint density at radius 3 is 2.60 bits per heavy atom. The van der Waals surface area contributed by atoms with E-state index in [0.29, 0.717) is 24.2 Å². The molecule has 1 unspecified atom stereocenters. The van der Waals surface area contributed by atoms with Gasteiger partial charge in [0.1, 0.15) is 5.78 Å². The van der Waals surface area contributed by atoms with Crippen LogP contribution in [0.2, 0.25) is 0 Å². The van der Waals surface area contributed by atoms with Gasteiger partial charge in [0.25, 0.3) is 0 Å². The summed E-state index contributed by atoms with van der Waals surface area (Å²) >= 11 is 0. The van der Waals surface area contributed by atoms with E-state index >= 15 is 0 Å². The standard InChI is InChI=1S/C12H24N2O/c1-10(2)12-9-13(4)7-8-14(12)6-5-11(3)15/h10,12H,5-9H2,1-4H3. The third-order valence-electron chi connectivity index (χ3n) is 3.26. The molecule has 0 N–H and O–H groups in total. The molecule has 1 saturated heterocycles. The topological polar surface area (TPSA) is 23.6 Å². The van der Waals surface area contributed by atoms with Gasteiger partial charge in [0.05, 0.1) is 0 Å². The molecule has 15 heavy (non-hydrogen) atoms. The van der Waals surface area contributed by atoms with Crippen LogP contribution in [0.4, 0.5) is 0 Å². The van der Waals surface area contributed by atoms with Crippen LogP contribution in [-0.4, -0.2) is 54.9 Å². The van der Waals surface area contributed by atoms with Crippen molar-refractivity contribution in [3.8, 4) is 0 Å². The van der Waals surface area contributed by atoms with E-state index in [9.17, 15) is 4.79 Å². The number of carbonyl (C=O) groups is 1. The molecule has 0 aromatic rings. The molecule has 1 rings (SSSR count). The number of likely N-dealkylation sites (N-methyl/N-ethyl adjacent to an activating group) is 1. The maximum absolute atomic E-state index is 11.0. The quantitative estimate of drug-likeness (QED) is 0.700. The molecular formula is C12H24N2O. The first-order valence-electron chi connectivity index (χ1n) is 5.92. The van der Waals surface area contributed by atoms with E-state index in [0.717, 1.165) is 26.2 Å². The summed E-state index contributed by atoms with van der Waals surface area (Å²) in [7, 11) is 2.18. The zero-order chi connectivity index (χ0) is 11.4. The Bertz CT molecular complexity index is 216. The molecule has 1 aliphatic heterocycles. The van der Waals surface area contributed by atoms with Crippen molar-refractivity contribution >= 4 is 5.78 Å². The van der Waals surface area contributed by atoms with E-state index in [4.69, 9.17) is 0 Å². The first-order valence-corrected chi connectivity index (χ1v) is 5.92. The Labute approximate surface area is 93.4 Å². The molecule has 1 fully saturated rings. The van der Waals surface area contributed by atoms with Crippen molar-refractivity contribution < 1.29 is 4.79 Å². The minimum atomic E-state index is 0.302. The van der Waals surface area contributed by atoms with E-state index in [1.807, 2.05) is 0 Å². The van der Waals surface area contributed by atoms with E-state index in [-0.39, 0.29) is 0 Å². The largest absolute Gasteiger partial charge is 0.304 e. The number of piperazine rings is 1. The number of hydrogen-bond donors (Lipinski definition) is 0. The molecule has 0 aromatic heterocycles. The van der Waals surface area contributed by atoms with Gasteiger partial charge in [-0.2, -0.15) is 0 Å². The summed E-state index contributed by atoms with van der Waals surface area (Å²) in [6.07, 6.45) is 0.701. The van der Waals surface area contributed by atoms with Gasteiger partial charge in [0.2, 0.25) is 0 Å². The number of rotatable bonds is 4. The lowest BCUT2D eigenvalue weighted by atomic mass is 9.99. The van der Waals surface area contributed by atoms with Gasteiger partial charge in [-0.1, -0.05) is 13.8 Å². The van der Waals surface area contributed by atoms with E-state index in [1.54, 1.807) is 6.92 Å². The average Bonchev–Trinajstić information content (AvgIpc) is 2.15. The zero-order valence-electron chi connectivity index (χ0n) is 10.5. The summed E-state index contributed by atoms with van der Waals surface area (Å²) in [6.45, 7) is 10.5. The number of ketones is 1. The Hall–Kier alpha value is -0.410. The van der Waals surface area contributed by atoms with Gasteiger partial charge >= 0.3 is 0 Å². The van der Waals surface area contributed by atoms with Crippen LogP contribution in [0, 0.1) is 5.92 Å². The molecule has 1 atom stereocenters. The molecule has 0 radical (unpaired) electrons. The molecule has 0 aromatic carbocycles. The number of Topliss-reactive ketones (excluding diaryl/α,β-unsaturated/α-hetero) is 1. The summed E-state index contributed by atoms with van der Waals surface area (Å²) in [6, 6.07) is 0.614. The molecule has 0 saturated carbocycles. The fraction of sp³-hybridized carbons (Fsp3) is 0.917. The van der Waals surface area contributed by atoms with Gasteiger partial charge < -0.3 is 4.90 Å². The highest BCUT2D eigenvalue weighted by Gasteiger charge is 2.27. The van der Waals surface area contributed by atoms with Crippen LogP contribution in [0.15, 0.2) is 0 Å². The van der Waals surface area contributed by atoms with Gasteiger partial charge in [-0.3, -0.25) is 9.69 Å². The molecule has 1 aliphatic rings. The van der Waals surface area contributed by atoms with Gasteiger partial charge in [-0.15, -0.1) is 0 Å². The Kier molecular flexibility index (Phi) is 4.74. The van der Waals surface area contributed by atoms with Crippen molar-refractivity contribution in [2.75, 3.05) is 33.2 Å². The predicted molar refractivity (Wildman–Crippen MR) is 63.0 cm³/mol. The smallest absolute Gasteiger partial charge is 0.131 e. The molecule has 88 valence electrons. The van der Waals surface area contributed by atoms with Crippen LogP contribution in [0.1, 0.15) is 27.2 Å². The normalized spacial score (nSPS) is 24.7. The van der Waals surface area contributed by atoms with E-state index in [2.05, 4.69) is 30.7 Å². The van der Waals surface area contributed by atoms with Crippen molar-refractivity contribution in [1.82, 2.24) is 9.80 Å². The molecule has 0 aliphatic carbocycles. The highest BCUT2D eigenvalue weighted by Crippen LogP contribution is 2.16. The summed E-state index contributed by atoms with van der Waals surface area (Å²) in [5, 5.41) is 0. The van der Waals surface area contributed by atoms with E-state index < -0.39 is 0 Å². The maximum Gasteiger partial charge on any atom is 0.131 e. The summed E-state index contributed by atoms with van der Waals surface area (Å²) in [5.74, 6) is 0.969. The maximum atomic E-state index is 11.0. The minimum absolute atomic E-state index is 0.302. The molecule has 3 heteroatoms. The first-order chi connectivity index (χ1) is 7.00. The van der Waals surface area contributed by atoms with Crippen LogP contribution in [0.3, 0.4) is 0 Å². The monoisotopic (exact) mass is 212 g/mol. The number of nitrogens with zero attached hydrogens (tertiary/aromatic N) is 2. The van der Waals surface area contributed by atoms with Gasteiger partial charge in [-0.05, 0) is 19.9 Å². The molecular weight excluding hydrogens is 188 g/mol. The second-order valence-corrected chi connectivity index (χ2v) is 5.06. The summed E-state index contributed by atoms with van der Waals surface area (Å²) in [4.78, 5) is 15.9. The van der Waals surface area contributed by atoms with Crippen LogP contribution < -0.4 is 0 Å². The average molecular weight is 212 g/mol. The highest BCUT2D eigenvalue weighted by molar-refractivity contribution is 5.75. The predicted octanol–water partition coefficient (Wildman–Crippen LogP) is 1.24. The molecule has 1 heterocycles. The molecule has 0 bridgehead atoms. The summed E-state index contributed by atoms with van der Waals surface area (Å²) in [5.41, 5.74) is 0. The molecule has 0 amide bonds. The van der Waals surface area contributed by atoms with Crippen molar-refractivity contribution in [2.24, 2.45) is 5.92 Å². The molecule has 0 spiro atoms. The Balaban J connectivity index is 2.48. The fourth-order valence-electron chi connectivity index (χ4n) is 2.20. The molecule has 3 nitrogen and oxygen atoms in total. The van der Waals surface area contributed by atoms with Crippen LogP contribution in [0.25, 0.3) is 0 Å². The first kappa shape index (κ1) is 12.7. The van der Waals surface area contributed by atoms with Crippen molar-refractivity contribution in [2.45, 2.75) is 33.2 Å². The SMILES string of the molecule is CC(=O)CCN1CCN(C)CC1C(C)C.